The largest absolute Gasteiger partial charge is 0.339 e. The van der Waals surface area contributed by atoms with Crippen LogP contribution in [0.15, 0.2) is 61.2 Å². The molecular formula is C25H28N2O2. The highest BCUT2D eigenvalue weighted by Crippen LogP contribution is 2.41. The van der Waals surface area contributed by atoms with E-state index < -0.39 is 5.41 Å². The van der Waals surface area contributed by atoms with Crippen LogP contribution in [0.1, 0.15) is 36.5 Å². The minimum atomic E-state index is -0.593. The van der Waals surface area contributed by atoms with Gasteiger partial charge in [0.15, 0.2) is 0 Å². The van der Waals surface area contributed by atoms with Crippen molar-refractivity contribution >= 4 is 17.5 Å². The number of hydrogen-bond acceptors (Lipinski definition) is 2. The summed E-state index contributed by atoms with van der Waals surface area (Å²) in [6, 6.07) is 16.6. The SMILES string of the molecule is C=CC(=O)N1CCC(C(=O)N2CCc3cc(CC)ccc32)(c2ccccc2)CC1. The Balaban J connectivity index is 1.68. The first-order valence-corrected chi connectivity index (χ1v) is 10.5. The number of hydrogen-bond donors (Lipinski definition) is 0. The van der Waals surface area contributed by atoms with Gasteiger partial charge < -0.3 is 9.80 Å². The lowest BCUT2D eigenvalue weighted by Gasteiger charge is -2.42. The lowest BCUT2D eigenvalue weighted by molar-refractivity contribution is -0.132. The van der Waals surface area contributed by atoms with Crippen molar-refractivity contribution in [2.45, 2.75) is 38.0 Å². The topological polar surface area (TPSA) is 40.6 Å². The van der Waals surface area contributed by atoms with E-state index in [1.165, 1.54) is 17.2 Å². The van der Waals surface area contributed by atoms with Gasteiger partial charge in [-0.05, 0) is 54.5 Å². The van der Waals surface area contributed by atoms with Crippen molar-refractivity contribution in [3.63, 3.8) is 0 Å². The smallest absolute Gasteiger partial charge is 0.245 e. The molecule has 4 rings (SSSR count). The maximum atomic E-state index is 14.0. The van der Waals surface area contributed by atoms with Gasteiger partial charge in [-0.1, -0.05) is 56.0 Å². The third kappa shape index (κ3) is 3.37. The average molecular weight is 389 g/mol. The number of carbonyl (C=O) groups excluding carboxylic acids is 2. The molecule has 0 atom stereocenters. The molecule has 4 heteroatoms. The minimum absolute atomic E-state index is 0.0577. The number of piperidine rings is 1. The van der Waals surface area contributed by atoms with Gasteiger partial charge in [0.1, 0.15) is 0 Å². The molecule has 4 nitrogen and oxygen atoms in total. The summed E-state index contributed by atoms with van der Waals surface area (Å²) in [4.78, 5) is 29.8. The van der Waals surface area contributed by atoms with Gasteiger partial charge in [-0.2, -0.15) is 0 Å². The number of fused-ring (bicyclic) bond motifs is 1. The zero-order chi connectivity index (χ0) is 20.4. The van der Waals surface area contributed by atoms with Crippen LogP contribution in [0.4, 0.5) is 5.69 Å². The van der Waals surface area contributed by atoms with Crippen LogP contribution in [0.25, 0.3) is 0 Å². The first-order valence-electron chi connectivity index (χ1n) is 10.5. The lowest BCUT2D eigenvalue weighted by Crippen LogP contribution is -2.53. The van der Waals surface area contributed by atoms with Crippen LogP contribution in [-0.2, 0) is 27.8 Å². The second-order valence-corrected chi connectivity index (χ2v) is 8.00. The summed E-state index contributed by atoms with van der Waals surface area (Å²) in [5.41, 5.74) is 4.08. The monoisotopic (exact) mass is 388 g/mol. The van der Waals surface area contributed by atoms with E-state index in [4.69, 9.17) is 0 Å². The Bertz CT molecular complexity index is 927. The average Bonchev–Trinajstić information content (AvgIpc) is 3.21. The number of amides is 2. The fourth-order valence-electron chi connectivity index (χ4n) is 4.77. The van der Waals surface area contributed by atoms with Crippen molar-refractivity contribution in [3.8, 4) is 0 Å². The van der Waals surface area contributed by atoms with E-state index in [9.17, 15) is 9.59 Å². The molecule has 29 heavy (non-hydrogen) atoms. The van der Waals surface area contributed by atoms with E-state index >= 15 is 0 Å². The number of anilines is 1. The third-order valence-electron chi connectivity index (χ3n) is 6.53. The molecule has 2 aliphatic heterocycles. The van der Waals surface area contributed by atoms with Crippen LogP contribution >= 0.6 is 0 Å². The fourth-order valence-corrected chi connectivity index (χ4v) is 4.77. The van der Waals surface area contributed by atoms with Crippen molar-refractivity contribution in [1.29, 1.82) is 0 Å². The highest BCUT2D eigenvalue weighted by Gasteiger charge is 2.46. The molecular weight excluding hydrogens is 360 g/mol. The van der Waals surface area contributed by atoms with Crippen LogP contribution in [0, 0.1) is 0 Å². The molecule has 1 saturated heterocycles. The molecule has 0 spiro atoms. The number of likely N-dealkylation sites (tertiary alicyclic amines) is 1. The van der Waals surface area contributed by atoms with E-state index in [1.54, 1.807) is 4.90 Å². The Labute approximate surface area is 172 Å². The molecule has 2 aliphatic rings. The summed E-state index contributed by atoms with van der Waals surface area (Å²) in [7, 11) is 0. The molecule has 2 amide bonds. The molecule has 2 aromatic carbocycles. The summed E-state index contributed by atoms with van der Waals surface area (Å²) in [5.74, 6) is 0.107. The number of nitrogens with zero attached hydrogens (tertiary/aromatic N) is 2. The normalized spacial score (nSPS) is 17.7. The summed E-state index contributed by atoms with van der Waals surface area (Å²) in [5, 5.41) is 0. The Morgan fingerprint density at radius 3 is 2.45 bits per heavy atom. The Morgan fingerprint density at radius 2 is 1.79 bits per heavy atom. The van der Waals surface area contributed by atoms with Gasteiger partial charge in [0.25, 0.3) is 0 Å². The zero-order valence-corrected chi connectivity index (χ0v) is 17.1. The van der Waals surface area contributed by atoms with Crippen molar-refractivity contribution in [2.24, 2.45) is 0 Å². The van der Waals surface area contributed by atoms with E-state index in [-0.39, 0.29) is 11.8 Å². The summed E-state index contributed by atoms with van der Waals surface area (Å²) >= 11 is 0. The van der Waals surface area contributed by atoms with Gasteiger partial charge in [-0.15, -0.1) is 0 Å². The molecule has 0 N–H and O–H groups in total. The first-order chi connectivity index (χ1) is 14.1. The third-order valence-corrected chi connectivity index (χ3v) is 6.53. The van der Waals surface area contributed by atoms with E-state index in [1.807, 2.05) is 23.1 Å². The van der Waals surface area contributed by atoms with Gasteiger partial charge in [0.05, 0.1) is 5.41 Å². The molecule has 0 unspecified atom stereocenters. The van der Waals surface area contributed by atoms with Crippen LogP contribution in [0.3, 0.4) is 0 Å². The van der Waals surface area contributed by atoms with Gasteiger partial charge in [-0.25, -0.2) is 0 Å². The van der Waals surface area contributed by atoms with Crippen molar-refractivity contribution in [2.75, 3.05) is 24.5 Å². The molecule has 0 bridgehead atoms. The molecule has 2 heterocycles. The Kier molecular flexibility index (Phi) is 5.27. The zero-order valence-electron chi connectivity index (χ0n) is 17.1. The van der Waals surface area contributed by atoms with Gasteiger partial charge in [0, 0.05) is 25.3 Å². The van der Waals surface area contributed by atoms with Crippen molar-refractivity contribution in [3.05, 3.63) is 77.9 Å². The first kappa shape index (κ1) is 19.4. The molecule has 0 radical (unpaired) electrons. The standard InChI is InChI=1S/C25H28N2O2/c1-3-19-10-11-22-20(18-19)12-15-27(22)24(29)25(21-8-6-5-7-9-21)13-16-26(17-14-25)23(28)4-2/h4-11,18H,2-3,12-17H2,1H3. The van der Waals surface area contributed by atoms with Crippen molar-refractivity contribution in [1.82, 2.24) is 4.90 Å². The van der Waals surface area contributed by atoms with Crippen LogP contribution < -0.4 is 4.90 Å². The summed E-state index contributed by atoms with van der Waals surface area (Å²) in [6.07, 6.45) is 4.53. The van der Waals surface area contributed by atoms with Crippen LogP contribution in [0.5, 0.6) is 0 Å². The van der Waals surface area contributed by atoms with E-state index in [0.29, 0.717) is 25.9 Å². The molecule has 0 aliphatic carbocycles. The molecule has 0 saturated carbocycles. The van der Waals surface area contributed by atoms with E-state index in [2.05, 4.69) is 43.8 Å². The maximum absolute atomic E-state index is 14.0. The molecule has 0 aromatic heterocycles. The van der Waals surface area contributed by atoms with Gasteiger partial charge >= 0.3 is 0 Å². The Hall–Kier alpha value is -2.88. The lowest BCUT2D eigenvalue weighted by atomic mass is 9.71. The molecule has 2 aromatic rings. The molecule has 1 fully saturated rings. The Morgan fingerprint density at radius 1 is 1.07 bits per heavy atom. The second-order valence-electron chi connectivity index (χ2n) is 8.00. The highest BCUT2D eigenvalue weighted by atomic mass is 16.2. The number of carbonyl (C=O) groups is 2. The van der Waals surface area contributed by atoms with Crippen LogP contribution in [0.2, 0.25) is 0 Å². The minimum Gasteiger partial charge on any atom is -0.339 e. The van der Waals surface area contributed by atoms with Crippen LogP contribution in [-0.4, -0.2) is 36.3 Å². The summed E-state index contributed by atoms with van der Waals surface area (Å²) in [6.45, 7) is 7.62. The number of rotatable bonds is 4. The highest BCUT2D eigenvalue weighted by molar-refractivity contribution is 6.03. The second kappa shape index (κ2) is 7.86. The fraction of sp³-hybridized carbons (Fsp3) is 0.360. The van der Waals surface area contributed by atoms with Gasteiger partial charge in [-0.3, -0.25) is 9.59 Å². The molecule has 150 valence electrons. The predicted molar refractivity (Wildman–Crippen MR) is 116 cm³/mol. The summed E-state index contributed by atoms with van der Waals surface area (Å²) < 4.78 is 0. The number of aryl methyl sites for hydroxylation is 1. The van der Waals surface area contributed by atoms with E-state index in [0.717, 1.165) is 30.6 Å². The quantitative estimate of drug-likeness (QED) is 0.746. The number of benzene rings is 2. The maximum Gasteiger partial charge on any atom is 0.245 e. The predicted octanol–water partition coefficient (Wildman–Crippen LogP) is 3.88. The van der Waals surface area contributed by atoms with Crippen molar-refractivity contribution < 1.29 is 9.59 Å². The van der Waals surface area contributed by atoms with Gasteiger partial charge in [0.2, 0.25) is 11.8 Å².